The number of nitriles is 1. The van der Waals surface area contributed by atoms with Crippen LogP contribution < -0.4 is 10.2 Å². The number of carbonyl (C=O) groups excluding carboxylic acids is 1. The molecule has 31 heavy (non-hydrogen) atoms. The van der Waals surface area contributed by atoms with E-state index in [0.29, 0.717) is 17.6 Å². The minimum absolute atomic E-state index is 0.0849. The normalized spacial score (nSPS) is 17.8. The first-order valence-corrected chi connectivity index (χ1v) is 11.0. The predicted molar refractivity (Wildman–Crippen MR) is 129 cm³/mol. The molecule has 0 aliphatic carbocycles. The SMILES string of the molecule is Cc1cc(C)cc(NC(=O)/C(C#N)=C\c2ccc3c(c2)[C@@H](C)CC(C)(C)N3C(C)C)c1. The van der Waals surface area contributed by atoms with Crippen molar-refractivity contribution in [2.75, 3.05) is 10.2 Å². The molecule has 0 radical (unpaired) electrons. The van der Waals surface area contributed by atoms with Crippen molar-refractivity contribution in [2.24, 2.45) is 0 Å². The van der Waals surface area contributed by atoms with Crippen molar-refractivity contribution in [1.82, 2.24) is 0 Å². The molecule has 1 aliphatic rings. The van der Waals surface area contributed by atoms with E-state index in [1.54, 1.807) is 6.08 Å². The lowest BCUT2D eigenvalue weighted by atomic mass is 9.79. The summed E-state index contributed by atoms with van der Waals surface area (Å²) in [5.74, 6) is 0.0196. The van der Waals surface area contributed by atoms with Gasteiger partial charge in [0.2, 0.25) is 0 Å². The number of anilines is 2. The Morgan fingerprint density at radius 1 is 1.19 bits per heavy atom. The standard InChI is InChI=1S/C27H33N3O/c1-17(2)30-25-9-8-21(14-24(25)20(5)15-27(30,6)7)13-22(16-28)26(31)29-23-11-18(3)10-19(4)12-23/h8-14,17,20H,15H2,1-7H3,(H,29,31)/b22-13-/t20-/m0/s1. The Kier molecular flexibility index (Phi) is 6.27. The first kappa shape index (κ1) is 22.6. The van der Waals surface area contributed by atoms with Gasteiger partial charge in [-0.15, -0.1) is 0 Å². The minimum Gasteiger partial charge on any atom is -0.364 e. The van der Waals surface area contributed by atoms with Gasteiger partial charge in [0.25, 0.3) is 5.91 Å². The summed E-state index contributed by atoms with van der Waals surface area (Å²) in [5.41, 5.74) is 6.42. The monoisotopic (exact) mass is 415 g/mol. The van der Waals surface area contributed by atoms with E-state index in [4.69, 9.17) is 0 Å². The van der Waals surface area contributed by atoms with Gasteiger partial charge in [-0.25, -0.2) is 0 Å². The Balaban J connectivity index is 1.93. The maximum Gasteiger partial charge on any atom is 0.266 e. The van der Waals surface area contributed by atoms with E-state index in [0.717, 1.165) is 23.1 Å². The van der Waals surface area contributed by atoms with Gasteiger partial charge in [0.1, 0.15) is 11.6 Å². The second-order valence-corrected chi connectivity index (χ2v) is 9.70. The van der Waals surface area contributed by atoms with Crippen LogP contribution in [-0.2, 0) is 4.79 Å². The Labute approximate surface area is 186 Å². The molecule has 4 heteroatoms. The molecule has 2 aromatic carbocycles. The summed E-state index contributed by atoms with van der Waals surface area (Å²) in [6.45, 7) is 15.3. The highest BCUT2D eigenvalue weighted by molar-refractivity contribution is 6.09. The summed E-state index contributed by atoms with van der Waals surface area (Å²) in [6.07, 6.45) is 2.74. The van der Waals surface area contributed by atoms with Crippen LogP contribution in [0.1, 0.15) is 69.2 Å². The number of amides is 1. The minimum atomic E-state index is -0.386. The van der Waals surface area contributed by atoms with Gasteiger partial charge in [0.15, 0.2) is 0 Å². The fourth-order valence-corrected chi connectivity index (χ4v) is 5.10. The molecule has 2 aromatic rings. The number of rotatable bonds is 4. The summed E-state index contributed by atoms with van der Waals surface area (Å²) in [6, 6.07) is 14.6. The summed E-state index contributed by atoms with van der Waals surface area (Å²) < 4.78 is 0. The van der Waals surface area contributed by atoms with Gasteiger partial charge >= 0.3 is 0 Å². The second kappa shape index (κ2) is 8.59. The Morgan fingerprint density at radius 3 is 2.42 bits per heavy atom. The van der Waals surface area contributed by atoms with Gasteiger partial charge in [-0.2, -0.15) is 5.26 Å². The quantitative estimate of drug-likeness (QED) is 0.467. The van der Waals surface area contributed by atoms with Gasteiger partial charge in [0.05, 0.1) is 0 Å². The zero-order chi connectivity index (χ0) is 22.9. The fourth-order valence-electron chi connectivity index (χ4n) is 5.10. The van der Waals surface area contributed by atoms with Crippen molar-refractivity contribution in [2.45, 2.75) is 72.4 Å². The Bertz CT molecular complexity index is 1050. The largest absolute Gasteiger partial charge is 0.364 e. The topological polar surface area (TPSA) is 56.1 Å². The number of benzene rings is 2. The second-order valence-electron chi connectivity index (χ2n) is 9.70. The van der Waals surface area contributed by atoms with Crippen molar-refractivity contribution in [3.8, 4) is 6.07 Å². The third-order valence-corrected chi connectivity index (χ3v) is 5.97. The van der Waals surface area contributed by atoms with E-state index in [2.05, 4.69) is 63.0 Å². The Hall–Kier alpha value is -3.06. The van der Waals surface area contributed by atoms with Crippen LogP contribution in [0.2, 0.25) is 0 Å². The summed E-state index contributed by atoms with van der Waals surface area (Å²) in [5, 5.41) is 12.5. The summed E-state index contributed by atoms with van der Waals surface area (Å²) >= 11 is 0. The van der Waals surface area contributed by atoms with Crippen LogP contribution in [0.5, 0.6) is 0 Å². The van der Waals surface area contributed by atoms with Gasteiger partial charge in [0, 0.05) is 23.0 Å². The molecule has 1 heterocycles. The van der Waals surface area contributed by atoms with Crippen LogP contribution >= 0.6 is 0 Å². The first-order valence-electron chi connectivity index (χ1n) is 11.0. The number of hydrogen-bond donors (Lipinski definition) is 1. The molecule has 0 bridgehead atoms. The number of nitrogens with zero attached hydrogens (tertiary/aromatic N) is 2. The molecular formula is C27H33N3O. The first-order chi connectivity index (χ1) is 14.5. The number of carbonyl (C=O) groups is 1. The fraction of sp³-hybridized carbons (Fsp3) is 0.407. The highest BCUT2D eigenvalue weighted by Gasteiger charge is 2.37. The summed E-state index contributed by atoms with van der Waals surface area (Å²) in [7, 11) is 0. The van der Waals surface area contributed by atoms with E-state index < -0.39 is 0 Å². The zero-order valence-electron chi connectivity index (χ0n) is 19.7. The van der Waals surface area contributed by atoms with Crippen molar-refractivity contribution < 1.29 is 4.79 Å². The van der Waals surface area contributed by atoms with E-state index in [1.165, 1.54) is 11.3 Å². The molecule has 1 amide bonds. The molecule has 0 saturated carbocycles. The average molecular weight is 416 g/mol. The molecule has 0 unspecified atom stereocenters. The molecule has 162 valence electrons. The third-order valence-electron chi connectivity index (χ3n) is 5.97. The van der Waals surface area contributed by atoms with Gasteiger partial charge in [-0.05, 0) is 106 Å². The van der Waals surface area contributed by atoms with Gasteiger partial charge in [-0.3, -0.25) is 4.79 Å². The molecule has 4 nitrogen and oxygen atoms in total. The van der Waals surface area contributed by atoms with E-state index in [1.807, 2.05) is 38.1 Å². The number of fused-ring (bicyclic) bond motifs is 1. The van der Waals surface area contributed by atoms with Crippen molar-refractivity contribution >= 4 is 23.4 Å². The average Bonchev–Trinajstić information content (AvgIpc) is 2.64. The maximum absolute atomic E-state index is 12.7. The van der Waals surface area contributed by atoms with Crippen molar-refractivity contribution in [3.63, 3.8) is 0 Å². The molecule has 1 atom stereocenters. The van der Waals surface area contributed by atoms with Crippen molar-refractivity contribution in [1.29, 1.82) is 5.26 Å². The number of nitrogens with one attached hydrogen (secondary N) is 1. The summed E-state index contributed by atoms with van der Waals surface area (Å²) in [4.78, 5) is 15.2. The van der Waals surface area contributed by atoms with Crippen molar-refractivity contribution in [3.05, 3.63) is 64.2 Å². The van der Waals surface area contributed by atoms with E-state index in [9.17, 15) is 10.1 Å². The number of aryl methyl sites for hydroxylation is 2. The van der Waals surface area contributed by atoms with E-state index in [-0.39, 0.29) is 17.0 Å². The molecule has 1 N–H and O–H groups in total. The van der Waals surface area contributed by atoms with Crippen LogP contribution in [-0.4, -0.2) is 17.5 Å². The Morgan fingerprint density at radius 2 is 1.84 bits per heavy atom. The highest BCUT2D eigenvalue weighted by atomic mass is 16.1. The lowest BCUT2D eigenvalue weighted by Gasteiger charge is -2.50. The molecule has 0 spiro atoms. The number of hydrogen-bond acceptors (Lipinski definition) is 3. The van der Waals surface area contributed by atoms with Gasteiger partial charge < -0.3 is 10.2 Å². The molecule has 0 aromatic heterocycles. The lowest BCUT2D eigenvalue weighted by Crippen LogP contribution is -2.51. The van der Waals surface area contributed by atoms with Crippen LogP contribution in [0, 0.1) is 25.2 Å². The highest BCUT2D eigenvalue weighted by Crippen LogP contribution is 2.44. The molecule has 0 fully saturated rings. The van der Waals surface area contributed by atoms with Crippen LogP contribution in [0.15, 0.2) is 42.0 Å². The van der Waals surface area contributed by atoms with Crippen LogP contribution in [0.3, 0.4) is 0 Å². The van der Waals surface area contributed by atoms with Crippen LogP contribution in [0.4, 0.5) is 11.4 Å². The zero-order valence-corrected chi connectivity index (χ0v) is 19.7. The van der Waals surface area contributed by atoms with E-state index >= 15 is 0 Å². The third kappa shape index (κ3) is 4.82. The molecule has 1 aliphatic heterocycles. The van der Waals surface area contributed by atoms with Crippen LogP contribution in [0.25, 0.3) is 6.08 Å². The van der Waals surface area contributed by atoms with Gasteiger partial charge in [-0.1, -0.05) is 19.1 Å². The smallest absolute Gasteiger partial charge is 0.266 e. The molecular weight excluding hydrogens is 382 g/mol. The lowest BCUT2D eigenvalue weighted by molar-refractivity contribution is -0.112. The molecule has 3 rings (SSSR count). The predicted octanol–water partition coefficient (Wildman–Crippen LogP) is 6.35. The maximum atomic E-state index is 12.7. The molecule has 0 saturated heterocycles.